The van der Waals surface area contributed by atoms with E-state index in [1.807, 2.05) is 11.4 Å². The van der Waals surface area contributed by atoms with Gasteiger partial charge in [0.25, 0.3) is 0 Å². The van der Waals surface area contributed by atoms with Gasteiger partial charge in [-0.05, 0) is 23.3 Å². The molecule has 0 aliphatic rings. The highest BCUT2D eigenvalue weighted by Crippen LogP contribution is 2.18. The van der Waals surface area contributed by atoms with Gasteiger partial charge in [0, 0.05) is 39.2 Å². The predicted octanol–water partition coefficient (Wildman–Crippen LogP) is 2.55. The Kier molecular flexibility index (Phi) is 12.0. The minimum absolute atomic E-state index is 0. The molecule has 0 radical (unpaired) electrons. The average Bonchev–Trinajstić information content (AvgIpc) is 3.05. The summed E-state index contributed by atoms with van der Waals surface area (Å²) in [4.78, 5) is 18.9. The van der Waals surface area contributed by atoms with Crippen molar-refractivity contribution < 1.29 is 9.53 Å². The Balaban J connectivity index is 0.00000576. The molecule has 0 aliphatic carbocycles. The molecule has 0 atom stereocenters. The Morgan fingerprint density at radius 3 is 2.64 bits per heavy atom. The van der Waals surface area contributed by atoms with Crippen molar-refractivity contribution in [2.45, 2.75) is 26.8 Å². The summed E-state index contributed by atoms with van der Waals surface area (Å²) in [6, 6.07) is 4.10. The maximum absolute atomic E-state index is 11.8. The third-order valence-electron chi connectivity index (χ3n) is 3.60. The second-order valence-corrected chi connectivity index (χ2v) is 7.68. The first-order valence-electron chi connectivity index (χ1n) is 8.08. The molecule has 0 saturated heterocycles. The molecule has 1 aromatic heterocycles. The number of carbonyl (C=O) groups excluding carboxylic acids is 1. The summed E-state index contributed by atoms with van der Waals surface area (Å²) in [6.07, 6.45) is 0.950. The van der Waals surface area contributed by atoms with Crippen LogP contribution in [0.4, 0.5) is 0 Å². The van der Waals surface area contributed by atoms with Crippen molar-refractivity contribution in [3.05, 3.63) is 22.4 Å². The summed E-state index contributed by atoms with van der Waals surface area (Å²) in [5.41, 5.74) is 0.0763. The number of hydrogen-bond acceptors (Lipinski definition) is 4. The Labute approximate surface area is 172 Å². The average molecular weight is 482 g/mol. The highest BCUT2D eigenvalue weighted by atomic mass is 127. The number of likely N-dealkylation sites (N-methyl/N-ethyl adjacent to an activating group) is 1. The first-order chi connectivity index (χ1) is 11.3. The molecule has 0 spiro atoms. The molecular formula is C17H31IN4O2S. The fourth-order valence-electron chi connectivity index (χ4n) is 1.84. The van der Waals surface area contributed by atoms with Crippen molar-refractivity contribution in [1.82, 2.24) is 15.5 Å². The lowest BCUT2D eigenvalue weighted by Gasteiger charge is -2.26. The number of thiophene rings is 1. The number of nitrogens with zero attached hydrogens (tertiary/aromatic N) is 2. The molecule has 25 heavy (non-hydrogen) atoms. The van der Waals surface area contributed by atoms with Crippen molar-refractivity contribution in [2.24, 2.45) is 10.4 Å². The Bertz CT molecular complexity index is 519. The van der Waals surface area contributed by atoms with E-state index in [2.05, 4.69) is 35.5 Å². The van der Waals surface area contributed by atoms with Gasteiger partial charge in [-0.15, -0.1) is 35.3 Å². The lowest BCUT2D eigenvalue weighted by atomic mass is 9.90. The molecule has 0 saturated carbocycles. The summed E-state index contributed by atoms with van der Waals surface area (Å²) in [5.74, 6) is 0.634. The molecule has 1 aromatic rings. The van der Waals surface area contributed by atoms with Crippen LogP contribution >= 0.6 is 35.3 Å². The normalized spacial score (nSPS) is 11.6. The zero-order valence-corrected chi connectivity index (χ0v) is 18.9. The number of rotatable bonds is 9. The first-order valence-corrected chi connectivity index (χ1v) is 8.96. The quantitative estimate of drug-likeness (QED) is 0.323. The Morgan fingerprint density at radius 2 is 2.08 bits per heavy atom. The fraction of sp³-hybridized carbons (Fsp3) is 0.647. The van der Waals surface area contributed by atoms with Crippen LogP contribution in [0.5, 0.6) is 0 Å². The molecule has 8 heteroatoms. The van der Waals surface area contributed by atoms with Crippen LogP contribution in [0.2, 0.25) is 0 Å². The van der Waals surface area contributed by atoms with Gasteiger partial charge in [0.15, 0.2) is 5.96 Å². The Hall–Kier alpha value is -0.870. The van der Waals surface area contributed by atoms with Gasteiger partial charge >= 0.3 is 0 Å². The number of nitrogens with one attached hydrogen (secondary N) is 2. The number of carbonyl (C=O) groups is 1. The summed E-state index contributed by atoms with van der Waals surface area (Å²) < 4.78 is 5.16. The molecule has 0 bridgehead atoms. The van der Waals surface area contributed by atoms with Crippen LogP contribution in [0.1, 0.15) is 25.1 Å². The summed E-state index contributed by atoms with van der Waals surface area (Å²) in [7, 11) is 5.18. The predicted molar refractivity (Wildman–Crippen MR) is 116 cm³/mol. The van der Waals surface area contributed by atoms with E-state index in [-0.39, 0.29) is 41.8 Å². The molecule has 1 rings (SSSR count). The molecule has 0 unspecified atom stereocenters. The number of halogens is 1. The molecule has 144 valence electrons. The SMILES string of the molecule is COCCC(C)(C)CNC(=NCC(=O)N(C)C)NCc1cccs1.I. The standard InChI is InChI=1S/C17H30N4O2S.HI/c1-17(2,8-9-23-5)13-20-16(19-12-15(22)21(3)4)18-11-14-7-6-10-24-14;/h6-7,10H,8-9,11-13H2,1-5H3,(H2,18,19,20);1H. The van der Waals surface area contributed by atoms with Crippen LogP contribution in [0.15, 0.2) is 22.5 Å². The van der Waals surface area contributed by atoms with Crippen molar-refractivity contribution in [3.8, 4) is 0 Å². The van der Waals surface area contributed by atoms with Gasteiger partial charge in [-0.2, -0.15) is 0 Å². The second kappa shape index (κ2) is 12.5. The van der Waals surface area contributed by atoms with Gasteiger partial charge in [0.1, 0.15) is 6.54 Å². The van der Waals surface area contributed by atoms with Gasteiger partial charge < -0.3 is 20.3 Å². The Morgan fingerprint density at radius 1 is 1.36 bits per heavy atom. The molecular weight excluding hydrogens is 451 g/mol. The van der Waals surface area contributed by atoms with Gasteiger partial charge in [-0.1, -0.05) is 19.9 Å². The van der Waals surface area contributed by atoms with E-state index in [1.165, 1.54) is 4.88 Å². The zero-order valence-electron chi connectivity index (χ0n) is 15.8. The van der Waals surface area contributed by atoms with E-state index in [4.69, 9.17) is 4.74 Å². The molecule has 6 nitrogen and oxygen atoms in total. The van der Waals surface area contributed by atoms with Crippen molar-refractivity contribution in [2.75, 3.05) is 40.9 Å². The van der Waals surface area contributed by atoms with Crippen LogP contribution in [-0.2, 0) is 16.1 Å². The van der Waals surface area contributed by atoms with Crippen molar-refractivity contribution >= 4 is 47.2 Å². The third kappa shape index (κ3) is 10.7. The van der Waals surface area contributed by atoms with E-state index in [1.54, 1.807) is 37.4 Å². The second-order valence-electron chi connectivity index (χ2n) is 6.65. The van der Waals surface area contributed by atoms with E-state index in [9.17, 15) is 4.79 Å². The highest BCUT2D eigenvalue weighted by Gasteiger charge is 2.18. The number of hydrogen-bond donors (Lipinski definition) is 2. The number of aliphatic imine (C=N–C) groups is 1. The summed E-state index contributed by atoms with van der Waals surface area (Å²) >= 11 is 1.69. The maximum atomic E-state index is 11.8. The van der Waals surface area contributed by atoms with E-state index in [0.717, 1.165) is 19.6 Å². The van der Waals surface area contributed by atoms with Gasteiger partial charge in [-0.3, -0.25) is 4.79 Å². The molecule has 0 aliphatic heterocycles. The largest absolute Gasteiger partial charge is 0.385 e. The molecule has 1 heterocycles. The maximum Gasteiger partial charge on any atom is 0.243 e. The lowest BCUT2D eigenvalue weighted by molar-refractivity contribution is -0.127. The van der Waals surface area contributed by atoms with Gasteiger partial charge in [0.2, 0.25) is 5.91 Å². The van der Waals surface area contributed by atoms with E-state index in [0.29, 0.717) is 12.5 Å². The number of methoxy groups -OCH3 is 1. The molecule has 1 amide bonds. The lowest BCUT2D eigenvalue weighted by Crippen LogP contribution is -2.42. The van der Waals surface area contributed by atoms with Crippen LogP contribution < -0.4 is 10.6 Å². The molecule has 0 fully saturated rings. The zero-order chi connectivity index (χ0) is 18.0. The smallest absolute Gasteiger partial charge is 0.243 e. The van der Waals surface area contributed by atoms with Crippen molar-refractivity contribution in [3.63, 3.8) is 0 Å². The van der Waals surface area contributed by atoms with Crippen LogP contribution in [0.3, 0.4) is 0 Å². The molecule has 2 N–H and O–H groups in total. The van der Waals surface area contributed by atoms with Crippen molar-refractivity contribution in [1.29, 1.82) is 0 Å². The van der Waals surface area contributed by atoms with E-state index >= 15 is 0 Å². The third-order valence-corrected chi connectivity index (χ3v) is 4.48. The number of guanidine groups is 1. The topological polar surface area (TPSA) is 66.0 Å². The monoisotopic (exact) mass is 482 g/mol. The number of amides is 1. The van der Waals surface area contributed by atoms with Gasteiger partial charge in [-0.25, -0.2) is 4.99 Å². The summed E-state index contributed by atoms with van der Waals surface area (Å²) in [6.45, 7) is 6.66. The summed E-state index contributed by atoms with van der Waals surface area (Å²) in [5, 5.41) is 8.68. The van der Waals surface area contributed by atoms with E-state index < -0.39 is 0 Å². The van der Waals surface area contributed by atoms with Gasteiger partial charge in [0.05, 0.1) is 6.54 Å². The van der Waals surface area contributed by atoms with Crippen LogP contribution in [0, 0.1) is 5.41 Å². The molecule has 0 aromatic carbocycles. The van der Waals surface area contributed by atoms with Crippen LogP contribution in [0.25, 0.3) is 0 Å². The van der Waals surface area contributed by atoms with Crippen LogP contribution in [-0.4, -0.2) is 57.7 Å². The first kappa shape index (κ1) is 24.1. The minimum Gasteiger partial charge on any atom is -0.385 e. The highest BCUT2D eigenvalue weighted by molar-refractivity contribution is 14.0. The number of ether oxygens (including phenoxy) is 1. The fourth-order valence-corrected chi connectivity index (χ4v) is 2.48. The minimum atomic E-state index is -0.0223.